The van der Waals surface area contributed by atoms with Crippen molar-refractivity contribution in [2.75, 3.05) is 35.0 Å². The van der Waals surface area contributed by atoms with Crippen LogP contribution in [0, 0.1) is 0 Å². The van der Waals surface area contributed by atoms with E-state index in [2.05, 4.69) is 30.0 Å². The van der Waals surface area contributed by atoms with Crippen LogP contribution in [-0.2, 0) is 13.0 Å². The second-order valence-corrected chi connectivity index (χ2v) is 7.23. The SMILES string of the molecule is COc1cc2c(cc1OC)[C@H]1[C@@H](C)c3ccc(OC)c(OC)c3CN1CC2.Cl. The van der Waals surface area contributed by atoms with Crippen LogP contribution in [-0.4, -0.2) is 39.9 Å². The zero-order valence-electron chi connectivity index (χ0n) is 17.1. The molecular formula is C22H28ClNO4. The summed E-state index contributed by atoms with van der Waals surface area (Å²) in [5.41, 5.74) is 5.26. The number of methoxy groups -OCH3 is 4. The predicted molar refractivity (Wildman–Crippen MR) is 112 cm³/mol. The topological polar surface area (TPSA) is 40.2 Å². The molecule has 0 saturated heterocycles. The Balaban J connectivity index is 0.00000225. The summed E-state index contributed by atoms with van der Waals surface area (Å²) in [7, 11) is 6.80. The van der Waals surface area contributed by atoms with Crippen molar-refractivity contribution in [3.05, 3.63) is 46.5 Å². The van der Waals surface area contributed by atoms with Crippen molar-refractivity contribution in [2.24, 2.45) is 0 Å². The molecule has 0 saturated carbocycles. The van der Waals surface area contributed by atoms with E-state index in [-0.39, 0.29) is 12.4 Å². The summed E-state index contributed by atoms with van der Waals surface area (Å²) in [6.07, 6.45) is 1.00. The Labute approximate surface area is 172 Å². The fourth-order valence-corrected chi connectivity index (χ4v) is 4.76. The Bertz CT molecular complexity index is 870. The molecule has 0 unspecified atom stereocenters. The normalized spacial score (nSPS) is 20.2. The van der Waals surface area contributed by atoms with Crippen molar-refractivity contribution >= 4 is 12.4 Å². The van der Waals surface area contributed by atoms with E-state index in [0.29, 0.717) is 12.0 Å². The van der Waals surface area contributed by atoms with Gasteiger partial charge in [-0.25, -0.2) is 0 Å². The Morgan fingerprint density at radius 2 is 1.54 bits per heavy atom. The predicted octanol–water partition coefficient (Wildman–Crippen LogP) is 4.36. The molecule has 6 heteroatoms. The van der Waals surface area contributed by atoms with Gasteiger partial charge >= 0.3 is 0 Å². The summed E-state index contributed by atoms with van der Waals surface area (Å²) in [6.45, 7) is 4.17. The van der Waals surface area contributed by atoms with Gasteiger partial charge in [0.2, 0.25) is 0 Å². The monoisotopic (exact) mass is 405 g/mol. The highest BCUT2D eigenvalue weighted by Gasteiger charge is 2.39. The minimum absolute atomic E-state index is 0. The maximum atomic E-state index is 5.71. The lowest BCUT2D eigenvalue weighted by Gasteiger charge is -2.45. The number of fused-ring (bicyclic) bond motifs is 4. The Kier molecular flexibility index (Phi) is 5.96. The Morgan fingerprint density at radius 1 is 0.857 bits per heavy atom. The van der Waals surface area contributed by atoms with Gasteiger partial charge in [0.15, 0.2) is 23.0 Å². The van der Waals surface area contributed by atoms with Gasteiger partial charge in [0.1, 0.15) is 0 Å². The summed E-state index contributed by atoms with van der Waals surface area (Å²) >= 11 is 0. The number of hydrogen-bond donors (Lipinski definition) is 0. The Morgan fingerprint density at radius 3 is 2.18 bits per heavy atom. The molecule has 2 heterocycles. The van der Waals surface area contributed by atoms with Crippen molar-refractivity contribution in [1.82, 2.24) is 4.90 Å². The molecule has 5 nitrogen and oxygen atoms in total. The van der Waals surface area contributed by atoms with Crippen molar-refractivity contribution < 1.29 is 18.9 Å². The minimum atomic E-state index is 0. The lowest BCUT2D eigenvalue weighted by molar-refractivity contribution is 0.136. The van der Waals surface area contributed by atoms with Crippen molar-refractivity contribution in [1.29, 1.82) is 0 Å². The van der Waals surface area contributed by atoms with Crippen LogP contribution in [0.15, 0.2) is 24.3 Å². The van der Waals surface area contributed by atoms with Crippen LogP contribution in [0.25, 0.3) is 0 Å². The van der Waals surface area contributed by atoms with E-state index in [1.165, 1.54) is 22.3 Å². The fraction of sp³-hybridized carbons (Fsp3) is 0.455. The van der Waals surface area contributed by atoms with E-state index in [9.17, 15) is 0 Å². The van der Waals surface area contributed by atoms with Crippen LogP contribution in [0.1, 0.15) is 41.1 Å². The molecule has 0 spiro atoms. The highest BCUT2D eigenvalue weighted by atomic mass is 35.5. The van der Waals surface area contributed by atoms with E-state index in [4.69, 9.17) is 18.9 Å². The number of nitrogens with zero attached hydrogens (tertiary/aromatic N) is 1. The number of halogens is 1. The van der Waals surface area contributed by atoms with E-state index in [1.807, 2.05) is 6.07 Å². The molecule has 152 valence electrons. The highest BCUT2D eigenvalue weighted by molar-refractivity contribution is 5.85. The molecule has 0 radical (unpaired) electrons. The summed E-state index contributed by atoms with van der Waals surface area (Å²) in [4.78, 5) is 2.54. The Hall–Kier alpha value is -2.11. The summed E-state index contributed by atoms with van der Waals surface area (Å²) < 4.78 is 22.3. The number of benzene rings is 2. The number of rotatable bonds is 4. The van der Waals surface area contributed by atoms with E-state index < -0.39 is 0 Å². The lowest BCUT2D eigenvalue weighted by Crippen LogP contribution is -2.41. The first-order chi connectivity index (χ1) is 13.1. The largest absolute Gasteiger partial charge is 0.493 e. The number of ether oxygens (including phenoxy) is 4. The standard InChI is InChI=1S/C22H27NO4.ClH/c1-13-15-6-7-18(24-2)22(27-5)17(15)12-23-9-8-14-10-19(25-3)20(26-4)11-16(14)21(13)23;/h6-7,10-11,13,21H,8-9,12H2,1-5H3;1H/t13-,21+;/m0./s1. The second-order valence-electron chi connectivity index (χ2n) is 7.23. The van der Waals surface area contributed by atoms with Gasteiger partial charge in [0, 0.05) is 30.6 Å². The molecule has 0 amide bonds. The van der Waals surface area contributed by atoms with Crippen LogP contribution in [0.2, 0.25) is 0 Å². The lowest BCUT2D eigenvalue weighted by atomic mass is 9.77. The first-order valence-corrected chi connectivity index (χ1v) is 9.35. The minimum Gasteiger partial charge on any atom is -0.493 e. The third-order valence-corrected chi connectivity index (χ3v) is 6.04. The average molecular weight is 406 g/mol. The quantitative estimate of drug-likeness (QED) is 0.755. The van der Waals surface area contributed by atoms with E-state index in [1.54, 1.807) is 28.4 Å². The maximum absolute atomic E-state index is 5.71. The molecule has 2 aromatic rings. The molecule has 2 atom stereocenters. The smallest absolute Gasteiger partial charge is 0.165 e. The molecule has 0 aliphatic carbocycles. The van der Waals surface area contributed by atoms with Gasteiger partial charge in [0.25, 0.3) is 0 Å². The molecular weight excluding hydrogens is 378 g/mol. The van der Waals surface area contributed by atoms with Gasteiger partial charge in [-0.15, -0.1) is 12.4 Å². The van der Waals surface area contributed by atoms with Gasteiger partial charge in [-0.3, -0.25) is 4.90 Å². The van der Waals surface area contributed by atoms with Gasteiger partial charge in [-0.2, -0.15) is 0 Å². The number of hydrogen-bond acceptors (Lipinski definition) is 5. The summed E-state index contributed by atoms with van der Waals surface area (Å²) in [5.74, 6) is 3.60. The molecule has 0 bridgehead atoms. The van der Waals surface area contributed by atoms with Crippen LogP contribution in [0.5, 0.6) is 23.0 Å². The average Bonchev–Trinajstić information content (AvgIpc) is 2.71. The molecule has 0 aromatic heterocycles. The van der Waals surface area contributed by atoms with Crippen LogP contribution in [0.3, 0.4) is 0 Å². The second kappa shape index (κ2) is 8.10. The maximum Gasteiger partial charge on any atom is 0.165 e. The molecule has 2 aliphatic heterocycles. The first-order valence-electron chi connectivity index (χ1n) is 9.35. The van der Waals surface area contributed by atoms with Crippen molar-refractivity contribution in [3.8, 4) is 23.0 Å². The summed E-state index contributed by atoms with van der Waals surface area (Å²) in [6, 6.07) is 8.82. The van der Waals surface area contributed by atoms with Crippen molar-refractivity contribution in [2.45, 2.75) is 31.8 Å². The van der Waals surface area contributed by atoms with Gasteiger partial charge < -0.3 is 18.9 Å². The zero-order valence-corrected chi connectivity index (χ0v) is 17.9. The molecule has 2 aliphatic rings. The van der Waals surface area contributed by atoms with Gasteiger partial charge in [0.05, 0.1) is 28.4 Å². The highest BCUT2D eigenvalue weighted by Crippen LogP contribution is 2.50. The molecule has 4 rings (SSSR count). The molecule has 0 N–H and O–H groups in total. The fourth-order valence-electron chi connectivity index (χ4n) is 4.76. The van der Waals surface area contributed by atoms with Gasteiger partial charge in [-0.1, -0.05) is 13.0 Å². The van der Waals surface area contributed by atoms with E-state index in [0.717, 1.165) is 42.5 Å². The van der Waals surface area contributed by atoms with Crippen LogP contribution >= 0.6 is 12.4 Å². The first kappa shape index (κ1) is 20.6. The summed E-state index contributed by atoms with van der Waals surface area (Å²) in [5, 5.41) is 0. The molecule has 28 heavy (non-hydrogen) atoms. The molecule has 0 fully saturated rings. The zero-order chi connectivity index (χ0) is 19.1. The van der Waals surface area contributed by atoms with E-state index >= 15 is 0 Å². The van der Waals surface area contributed by atoms with Crippen LogP contribution < -0.4 is 18.9 Å². The van der Waals surface area contributed by atoms with Gasteiger partial charge in [-0.05, 0) is 41.3 Å². The van der Waals surface area contributed by atoms with Crippen molar-refractivity contribution in [3.63, 3.8) is 0 Å². The molecule has 2 aromatic carbocycles. The third kappa shape index (κ3) is 3.07. The third-order valence-electron chi connectivity index (χ3n) is 6.04. The van der Waals surface area contributed by atoms with Crippen LogP contribution in [0.4, 0.5) is 0 Å².